The number of carbonyl (C=O) groups is 1. The molecule has 0 aliphatic heterocycles. The van der Waals surface area contributed by atoms with Crippen LogP contribution in [0.1, 0.15) is 26.5 Å². The van der Waals surface area contributed by atoms with Crippen LogP contribution < -0.4 is 16.0 Å². The third-order valence-corrected chi connectivity index (χ3v) is 6.94. The van der Waals surface area contributed by atoms with Gasteiger partial charge in [-0.05, 0) is 30.3 Å². The first-order valence-corrected chi connectivity index (χ1v) is 13.6. The normalized spacial score (nSPS) is 11.5. The van der Waals surface area contributed by atoms with Crippen LogP contribution in [0.3, 0.4) is 0 Å². The Bertz CT molecular complexity index is 1800. The number of urea groups is 1. The van der Waals surface area contributed by atoms with Crippen LogP contribution in [0, 0.1) is 0 Å². The molecule has 0 atom stereocenters. The summed E-state index contributed by atoms with van der Waals surface area (Å²) in [5.74, 6) is 1.15. The lowest BCUT2D eigenvalue weighted by Crippen LogP contribution is -2.19. The number of nitrogens with zero attached hydrogens (tertiary/aromatic N) is 5. The van der Waals surface area contributed by atoms with E-state index in [1.807, 2.05) is 82.7 Å². The third kappa shape index (κ3) is 5.27. The van der Waals surface area contributed by atoms with Crippen molar-refractivity contribution in [1.29, 1.82) is 0 Å². The molecule has 10 nitrogen and oxygen atoms in total. The number of imidazole rings is 1. The number of benzene rings is 2. The smallest absolute Gasteiger partial charge is 0.309 e. The molecule has 2 aromatic carbocycles. The van der Waals surface area contributed by atoms with Crippen LogP contribution in [0.4, 0.5) is 27.9 Å². The van der Waals surface area contributed by atoms with Gasteiger partial charge >= 0.3 is 6.03 Å². The molecule has 0 bridgehead atoms. The van der Waals surface area contributed by atoms with Gasteiger partial charge in [-0.1, -0.05) is 51.1 Å². The van der Waals surface area contributed by atoms with Crippen molar-refractivity contribution < 1.29 is 4.79 Å². The SMILES string of the molecule is CC(C)(C)c1cc(Nc2nccc(-c3c(-c4cccc(NC(=O)Nc5ccccc5)c4)nc4sccn34)n2)[nH]n1. The molecular formula is C29H27N9OS. The number of rotatable bonds is 6. The Balaban J connectivity index is 1.30. The minimum absolute atomic E-state index is 0.0815. The average molecular weight is 550 g/mol. The number of H-pyrrole nitrogens is 1. The summed E-state index contributed by atoms with van der Waals surface area (Å²) >= 11 is 1.54. The zero-order valence-electron chi connectivity index (χ0n) is 22.1. The third-order valence-electron chi connectivity index (χ3n) is 6.18. The largest absolute Gasteiger partial charge is 0.323 e. The highest BCUT2D eigenvalue weighted by Crippen LogP contribution is 2.35. The first kappa shape index (κ1) is 25.3. The van der Waals surface area contributed by atoms with Crippen LogP contribution in [0.2, 0.25) is 0 Å². The molecule has 0 aliphatic rings. The van der Waals surface area contributed by atoms with Crippen molar-refractivity contribution in [2.24, 2.45) is 0 Å². The van der Waals surface area contributed by atoms with Gasteiger partial charge in [-0.15, -0.1) is 11.3 Å². The molecule has 6 aromatic rings. The maximum absolute atomic E-state index is 12.6. The number of nitrogens with one attached hydrogen (secondary N) is 4. The molecule has 0 spiro atoms. The summed E-state index contributed by atoms with van der Waals surface area (Å²) in [6.45, 7) is 6.33. The van der Waals surface area contributed by atoms with Crippen molar-refractivity contribution in [3.8, 4) is 22.6 Å². The molecule has 0 aliphatic carbocycles. The van der Waals surface area contributed by atoms with E-state index in [-0.39, 0.29) is 11.4 Å². The van der Waals surface area contributed by atoms with Gasteiger partial charge in [0.05, 0.1) is 17.1 Å². The fourth-order valence-corrected chi connectivity index (χ4v) is 4.95. The zero-order chi connectivity index (χ0) is 27.7. The first-order chi connectivity index (χ1) is 19.3. The molecule has 4 heterocycles. The molecule has 0 fully saturated rings. The maximum atomic E-state index is 12.6. The van der Waals surface area contributed by atoms with Crippen LogP contribution >= 0.6 is 11.3 Å². The maximum Gasteiger partial charge on any atom is 0.323 e. The van der Waals surface area contributed by atoms with Crippen molar-refractivity contribution >= 4 is 45.5 Å². The Kier molecular flexibility index (Phi) is 6.48. The monoisotopic (exact) mass is 549 g/mol. The van der Waals surface area contributed by atoms with Crippen LogP contribution in [0.5, 0.6) is 0 Å². The summed E-state index contributed by atoms with van der Waals surface area (Å²) in [5.41, 5.74) is 5.34. The van der Waals surface area contributed by atoms with Gasteiger partial charge in [-0.2, -0.15) is 5.10 Å². The molecule has 11 heteroatoms. The highest BCUT2D eigenvalue weighted by molar-refractivity contribution is 7.15. The highest BCUT2D eigenvalue weighted by atomic mass is 32.1. The number of hydrogen-bond acceptors (Lipinski definition) is 7. The summed E-state index contributed by atoms with van der Waals surface area (Å²) in [6.07, 6.45) is 3.69. The van der Waals surface area contributed by atoms with Crippen LogP contribution in [-0.4, -0.2) is 35.6 Å². The molecule has 200 valence electrons. The van der Waals surface area contributed by atoms with Crippen LogP contribution in [-0.2, 0) is 5.41 Å². The first-order valence-electron chi connectivity index (χ1n) is 12.7. The number of fused-ring (bicyclic) bond motifs is 1. The van der Waals surface area contributed by atoms with Gasteiger partial charge in [0, 0.05) is 46.2 Å². The van der Waals surface area contributed by atoms with E-state index in [0.717, 1.165) is 27.6 Å². The Labute approximate surface area is 234 Å². The zero-order valence-corrected chi connectivity index (χ0v) is 23.0. The van der Waals surface area contributed by atoms with Gasteiger partial charge in [-0.3, -0.25) is 9.50 Å². The van der Waals surface area contributed by atoms with E-state index in [1.165, 1.54) is 11.3 Å². The van der Waals surface area contributed by atoms with E-state index < -0.39 is 0 Å². The average Bonchev–Trinajstić information content (AvgIpc) is 3.66. The van der Waals surface area contributed by atoms with E-state index in [2.05, 4.69) is 51.9 Å². The second-order valence-corrected chi connectivity index (χ2v) is 11.1. The number of aromatic amines is 1. The van der Waals surface area contributed by atoms with E-state index in [1.54, 1.807) is 6.20 Å². The predicted octanol–water partition coefficient (Wildman–Crippen LogP) is 6.93. The Morgan fingerprint density at radius 2 is 1.75 bits per heavy atom. The number of carbonyl (C=O) groups excluding carboxylic acids is 1. The summed E-state index contributed by atoms with van der Waals surface area (Å²) in [5, 5.41) is 18.4. The number of aromatic nitrogens is 6. The quantitative estimate of drug-likeness (QED) is 0.179. The molecule has 0 unspecified atom stereocenters. The molecule has 4 N–H and O–H groups in total. The molecule has 4 aromatic heterocycles. The van der Waals surface area contributed by atoms with Gasteiger partial charge in [0.2, 0.25) is 5.95 Å². The molecule has 40 heavy (non-hydrogen) atoms. The fraction of sp³-hybridized carbons (Fsp3) is 0.138. The molecule has 0 saturated carbocycles. The minimum Gasteiger partial charge on any atom is -0.309 e. The van der Waals surface area contributed by atoms with E-state index in [0.29, 0.717) is 28.8 Å². The van der Waals surface area contributed by atoms with Crippen molar-refractivity contribution in [2.75, 3.05) is 16.0 Å². The summed E-state index contributed by atoms with van der Waals surface area (Å²) in [6, 6.07) is 20.4. The number of amides is 2. The molecule has 0 saturated heterocycles. The van der Waals surface area contributed by atoms with Crippen molar-refractivity contribution in [3.05, 3.63) is 90.2 Å². The van der Waals surface area contributed by atoms with Crippen LogP contribution in [0.15, 0.2) is 84.5 Å². The predicted molar refractivity (Wildman–Crippen MR) is 159 cm³/mol. The van der Waals surface area contributed by atoms with Gasteiger partial charge < -0.3 is 16.0 Å². The number of hydrogen-bond donors (Lipinski definition) is 4. The molecule has 2 amide bonds. The Hall–Kier alpha value is -5.03. The topological polar surface area (TPSA) is 125 Å². The van der Waals surface area contributed by atoms with Gasteiger partial charge in [-0.25, -0.2) is 19.7 Å². The summed E-state index contributed by atoms with van der Waals surface area (Å²) in [4.78, 5) is 27.6. The summed E-state index contributed by atoms with van der Waals surface area (Å²) in [7, 11) is 0. The lowest BCUT2D eigenvalue weighted by molar-refractivity contribution is 0.262. The number of para-hydroxylation sites is 1. The molecular weight excluding hydrogens is 522 g/mol. The standard InChI is InChI=1S/C29H27N9OS/c1-29(2,3)22-17-23(37-36-22)34-26-30-13-12-21(33-26)25-24(35-28-38(25)14-15-40-28)18-8-7-11-20(16-18)32-27(39)31-19-9-5-4-6-10-19/h4-17H,1-3H3,(H2,31,32,39)(H2,30,33,34,36,37). The second-order valence-electron chi connectivity index (χ2n) is 10.2. The van der Waals surface area contributed by atoms with E-state index in [9.17, 15) is 4.79 Å². The molecule has 0 radical (unpaired) electrons. The number of thiazole rings is 1. The minimum atomic E-state index is -0.325. The van der Waals surface area contributed by atoms with Gasteiger partial charge in [0.1, 0.15) is 11.5 Å². The Morgan fingerprint density at radius 3 is 2.55 bits per heavy atom. The van der Waals surface area contributed by atoms with Gasteiger partial charge in [0.15, 0.2) is 4.96 Å². The van der Waals surface area contributed by atoms with Crippen molar-refractivity contribution in [1.82, 2.24) is 29.5 Å². The lowest BCUT2D eigenvalue weighted by atomic mass is 9.92. The van der Waals surface area contributed by atoms with Crippen LogP contribution in [0.25, 0.3) is 27.6 Å². The number of anilines is 4. The van der Waals surface area contributed by atoms with Gasteiger partial charge in [0.25, 0.3) is 0 Å². The fourth-order valence-electron chi connectivity index (χ4n) is 4.23. The van der Waals surface area contributed by atoms with E-state index in [4.69, 9.17) is 9.97 Å². The Morgan fingerprint density at radius 1 is 0.950 bits per heavy atom. The molecule has 6 rings (SSSR count). The van der Waals surface area contributed by atoms with E-state index >= 15 is 0 Å². The van der Waals surface area contributed by atoms with Crippen molar-refractivity contribution in [3.63, 3.8) is 0 Å². The van der Waals surface area contributed by atoms with Crippen molar-refractivity contribution in [2.45, 2.75) is 26.2 Å². The second kappa shape index (κ2) is 10.3. The lowest BCUT2D eigenvalue weighted by Gasteiger charge is -2.13. The highest BCUT2D eigenvalue weighted by Gasteiger charge is 2.20. The summed E-state index contributed by atoms with van der Waals surface area (Å²) < 4.78 is 2.02.